The summed E-state index contributed by atoms with van der Waals surface area (Å²) in [6.45, 7) is 12.0. The lowest BCUT2D eigenvalue weighted by Gasteiger charge is -2.37. The Morgan fingerprint density at radius 2 is 1.92 bits per heavy atom. The molecule has 1 atom stereocenters. The van der Waals surface area contributed by atoms with Crippen molar-refractivity contribution in [1.82, 2.24) is 20.4 Å². The second-order valence-corrected chi connectivity index (χ2v) is 8.09. The number of urea groups is 1. The van der Waals surface area contributed by atoms with Crippen molar-refractivity contribution in [1.29, 1.82) is 0 Å². The zero-order valence-corrected chi connectivity index (χ0v) is 15.8. The normalized spacial score (nSPS) is 18.2. The molecule has 24 heavy (non-hydrogen) atoms. The van der Waals surface area contributed by atoms with Crippen LogP contribution in [0, 0.1) is 0 Å². The third-order valence-corrected chi connectivity index (χ3v) is 4.78. The molecule has 7 heteroatoms. The number of nitrogens with one attached hydrogen (secondary N) is 2. The molecule has 0 aliphatic carbocycles. The first-order valence-corrected chi connectivity index (χ1v) is 9.29. The molecule has 6 nitrogen and oxygen atoms in total. The van der Waals surface area contributed by atoms with Crippen LogP contribution in [0.15, 0.2) is 16.8 Å². The summed E-state index contributed by atoms with van der Waals surface area (Å²) in [6.07, 6.45) is 0. The summed E-state index contributed by atoms with van der Waals surface area (Å²) < 4.78 is 0. The molecule has 1 aromatic heterocycles. The lowest BCUT2D eigenvalue weighted by molar-refractivity contribution is -0.125. The van der Waals surface area contributed by atoms with E-state index in [1.807, 2.05) is 27.7 Å². The van der Waals surface area contributed by atoms with Crippen LogP contribution in [-0.2, 0) is 11.3 Å². The zero-order valence-electron chi connectivity index (χ0n) is 15.0. The quantitative estimate of drug-likeness (QED) is 0.868. The molecule has 1 aromatic rings. The maximum absolute atomic E-state index is 12.3. The fourth-order valence-corrected chi connectivity index (χ4v) is 3.36. The summed E-state index contributed by atoms with van der Waals surface area (Å²) in [7, 11) is 0. The number of imide groups is 1. The van der Waals surface area contributed by atoms with Gasteiger partial charge in [-0.25, -0.2) is 4.79 Å². The van der Waals surface area contributed by atoms with Gasteiger partial charge in [0, 0.05) is 38.3 Å². The molecule has 2 N–H and O–H groups in total. The van der Waals surface area contributed by atoms with Crippen LogP contribution in [0.2, 0.25) is 0 Å². The summed E-state index contributed by atoms with van der Waals surface area (Å²) in [4.78, 5) is 28.6. The van der Waals surface area contributed by atoms with Gasteiger partial charge >= 0.3 is 6.03 Å². The van der Waals surface area contributed by atoms with Gasteiger partial charge in [0.25, 0.3) is 0 Å². The van der Waals surface area contributed by atoms with E-state index in [0.29, 0.717) is 0 Å². The highest BCUT2D eigenvalue weighted by Gasteiger charge is 2.27. The topological polar surface area (TPSA) is 64.7 Å². The molecule has 134 valence electrons. The molecule has 2 rings (SSSR count). The molecular weight excluding hydrogens is 324 g/mol. The largest absolute Gasteiger partial charge is 0.333 e. The van der Waals surface area contributed by atoms with Gasteiger partial charge in [-0.3, -0.25) is 19.9 Å². The van der Waals surface area contributed by atoms with Gasteiger partial charge in [-0.05, 0) is 50.1 Å². The van der Waals surface area contributed by atoms with Crippen LogP contribution in [0.3, 0.4) is 0 Å². The molecule has 3 amide bonds. The van der Waals surface area contributed by atoms with Crippen molar-refractivity contribution < 1.29 is 9.59 Å². The van der Waals surface area contributed by atoms with Crippen LogP contribution < -0.4 is 10.6 Å². The second-order valence-electron chi connectivity index (χ2n) is 7.31. The van der Waals surface area contributed by atoms with Crippen molar-refractivity contribution in [3.63, 3.8) is 0 Å². The van der Waals surface area contributed by atoms with Gasteiger partial charge in [-0.1, -0.05) is 0 Å². The number of amides is 3. The Labute approximate surface area is 148 Å². The van der Waals surface area contributed by atoms with Crippen LogP contribution in [-0.4, -0.2) is 59.5 Å². The van der Waals surface area contributed by atoms with Gasteiger partial charge in [0.15, 0.2) is 0 Å². The third-order valence-electron chi connectivity index (χ3n) is 4.05. The molecule has 1 saturated heterocycles. The summed E-state index contributed by atoms with van der Waals surface area (Å²) in [5.41, 5.74) is 0.985. The third kappa shape index (κ3) is 5.89. The Bertz CT molecular complexity index is 545. The molecule has 0 bridgehead atoms. The molecule has 1 aliphatic rings. The van der Waals surface area contributed by atoms with Gasteiger partial charge in [0.1, 0.15) is 0 Å². The predicted molar refractivity (Wildman–Crippen MR) is 97.1 cm³/mol. The number of thiophene rings is 1. The number of hydrogen-bond acceptors (Lipinski definition) is 5. The van der Waals surface area contributed by atoms with E-state index < -0.39 is 6.03 Å². The smallest absolute Gasteiger partial charge is 0.321 e. The highest BCUT2D eigenvalue weighted by molar-refractivity contribution is 7.07. The lowest BCUT2D eigenvalue weighted by Crippen LogP contribution is -2.56. The summed E-state index contributed by atoms with van der Waals surface area (Å²) in [5.74, 6) is -0.247. The van der Waals surface area contributed by atoms with Crippen molar-refractivity contribution in [3.8, 4) is 0 Å². The van der Waals surface area contributed by atoms with E-state index in [1.165, 1.54) is 5.56 Å². The molecule has 1 unspecified atom stereocenters. The molecule has 0 aromatic carbocycles. The van der Waals surface area contributed by atoms with Crippen LogP contribution in [0.1, 0.15) is 33.3 Å². The Morgan fingerprint density at radius 3 is 2.46 bits per heavy atom. The highest BCUT2D eigenvalue weighted by Crippen LogP contribution is 2.13. The summed E-state index contributed by atoms with van der Waals surface area (Å²) >= 11 is 1.72. The van der Waals surface area contributed by atoms with Crippen molar-refractivity contribution in [2.24, 2.45) is 0 Å². The number of piperazine rings is 1. The Kier molecular flexibility index (Phi) is 6.37. The van der Waals surface area contributed by atoms with Gasteiger partial charge in [-0.2, -0.15) is 11.3 Å². The molecule has 2 heterocycles. The first-order chi connectivity index (χ1) is 11.2. The number of hydrogen-bond donors (Lipinski definition) is 2. The molecular formula is C17H28N4O2S. The fourth-order valence-electron chi connectivity index (χ4n) is 2.70. The summed E-state index contributed by atoms with van der Waals surface area (Å²) in [5, 5.41) is 9.46. The van der Waals surface area contributed by atoms with Gasteiger partial charge < -0.3 is 5.32 Å². The van der Waals surface area contributed by atoms with Crippen molar-refractivity contribution >= 4 is 23.3 Å². The second kappa shape index (κ2) is 8.09. The van der Waals surface area contributed by atoms with E-state index in [1.54, 1.807) is 11.3 Å². The molecule has 1 fully saturated rings. The number of nitrogens with zero attached hydrogens (tertiary/aromatic N) is 2. The predicted octanol–water partition coefficient (Wildman–Crippen LogP) is 1.88. The van der Waals surface area contributed by atoms with Crippen LogP contribution in [0.4, 0.5) is 4.79 Å². The molecule has 1 aliphatic heterocycles. The standard InChI is InChI=1S/C17H28N4O2S/c1-13(15(22)18-16(23)19-17(2,3)4)21-8-6-20(7-9-21)11-14-5-10-24-12-14/h5,10,12-13H,6-9,11H2,1-4H3,(H2,18,19,22,23). The van der Waals surface area contributed by atoms with Crippen LogP contribution in [0.5, 0.6) is 0 Å². The maximum atomic E-state index is 12.3. The van der Waals surface area contributed by atoms with Crippen LogP contribution >= 0.6 is 11.3 Å². The minimum Gasteiger partial charge on any atom is -0.333 e. The number of carbonyl (C=O) groups excluding carboxylic acids is 2. The summed E-state index contributed by atoms with van der Waals surface area (Å²) in [6, 6.07) is 1.41. The zero-order chi connectivity index (χ0) is 17.7. The molecule has 0 spiro atoms. The maximum Gasteiger partial charge on any atom is 0.321 e. The number of carbonyl (C=O) groups is 2. The van der Waals surface area contributed by atoms with Crippen molar-refractivity contribution in [2.75, 3.05) is 26.2 Å². The molecule has 0 saturated carbocycles. The first-order valence-electron chi connectivity index (χ1n) is 8.35. The Balaban J connectivity index is 1.76. The van der Waals surface area contributed by atoms with Gasteiger partial charge in [0.2, 0.25) is 5.91 Å². The van der Waals surface area contributed by atoms with E-state index in [9.17, 15) is 9.59 Å². The monoisotopic (exact) mass is 352 g/mol. The Hall–Kier alpha value is -1.44. The van der Waals surface area contributed by atoms with E-state index in [0.717, 1.165) is 32.7 Å². The van der Waals surface area contributed by atoms with E-state index >= 15 is 0 Å². The minimum absolute atomic E-state index is 0.247. The lowest BCUT2D eigenvalue weighted by atomic mass is 10.1. The number of rotatable bonds is 4. The molecule has 0 radical (unpaired) electrons. The van der Waals surface area contributed by atoms with E-state index in [-0.39, 0.29) is 17.5 Å². The first kappa shape index (κ1) is 18.9. The van der Waals surface area contributed by atoms with Crippen molar-refractivity contribution in [2.45, 2.75) is 45.8 Å². The van der Waals surface area contributed by atoms with Gasteiger partial charge in [-0.15, -0.1) is 0 Å². The van der Waals surface area contributed by atoms with Crippen molar-refractivity contribution in [3.05, 3.63) is 22.4 Å². The van der Waals surface area contributed by atoms with Gasteiger partial charge in [0.05, 0.1) is 6.04 Å². The average Bonchev–Trinajstić information content (AvgIpc) is 2.98. The Morgan fingerprint density at radius 1 is 1.25 bits per heavy atom. The fraction of sp³-hybridized carbons (Fsp3) is 0.647. The van der Waals surface area contributed by atoms with E-state index in [4.69, 9.17) is 0 Å². The average molecular weight is 353 g/mol. The minimum atomic E-state index is -0.435. The van der Waals surface area contributed by atoms with E-state index in [2.05, 4.69) is 37.3 Å². The van der Waals surface area contributed by atoms with Crippen LogP contribution in [0.25, 0.3) is 0 Å². The highest BCUT2D eigenvalue weighted by atomic mass is 32.1. The SMILES string of the molecule is CC(C(=O)NC(=O)NC(C)(C)C)N1CCN(Cc2ccsc2)CC1.